The molecule has 4 nitrogen and oxygen atoms in total. The molecule has 0 aliphatic carbocycles. The predicted octanol–water partition coefficient (Wildman–Crippen LogP) is 3.25. The maximum atomic E-state index is 11.9. The number of hydrogen-bond donors (Lipinski definition) is 2. The third-order valence-electron chi connectivity index (χ3n) is 3.53. The van der Waals surface area contributed by atoms with Gasteiger partial charge in [0.15, 0.2) is 0 Å². The highest BCUT2D eigenvalue weighted by Crippen LogP contribution is 2.18. The molecule has 0 bridgehead atoms. The summed E-state index contributed by atoms with van der Waals surface area (Å²) < 4.78 is 0. The molecule has 0 aromatic heterocycles. The van der Waals surface area contributed by atoms with Crippen LogP contribution in [-0.4, -0.2) is 18.4 Å². The lowest BCUT2D eigenvalue weighted by molar-refractivity contribution is -0.109. The molecule has 116 valence electrons. The first kappa shape index (κ1) is 16.0. The predicted molar refractivity (Wildman–Crippen MR) is 88.6 cm³/mol. The van der Waals surface area contributed by atoms with Crippen LogP contribution in [0.25, 0.3) is 10.8 Å². The third kappa shape index (κ3) is 4.32. The maximum absolute atomic E-state index is 11.9. The third-order valence-corrected chi connectivity index (χ3v) is 3.53. The zero-order valence-corrected chi connectivity index (χ0v) is 13.0. The van der Waals surface area contributed by atoms with Crippen molar-refractivity contribution >= 4 is 23.1 Å². The van der Waals surface area contributed by atoms with Crippen molar-refractivity contribution < 1.29 is 9.59 Å². The number of hydrogen-bond acceptors (Lipinski definition) is 2. The first-order valence-corrected chi connectivity index (χ1v) is 7.56. The fourth-order valence-corrected chi connectivity index (χ4v) is 2.50. The number of aldehydes is 1. The molecule has 0 spiro atoms. The molecule has 0 radical (unpaired) electrons. The van der Waals surface area contributed by atoms with E-state index in [2.05, 4.69) is 10.6 Å². The molecule has 0 aliphatic heterocycles. The number of carbonyl (C=O) groups excluding carboxylic acids is 2. The smallest absolute Gasteiger partial charge is 0.315 e. The van der Waals surface area contributed by atoms with Crippen LogP contribution in [0.15, 0.2) is 42.5 Å². The van der Waals surface area contributed by atoms with E-state index in [9.17, 15) is 9.59 Å². The lowest BCUT2D eigenvalue weighted by atomic mass is 10.0. The Morgan fingerprint density at radius 1 is 1.14 bits per heavy atom. The van der Waals surface area contributed by atoms with Gasteiger partial charge in [0.1, 0.15) is 6.29 Å². The first-order chi connectivity index (χ1) is 10.6. The summed E-state index contributed by atoms with van der Waals surface area (Å²) in [6, 6.07) is 13.3. The number of rotatable bonds is 6. The molecule has 4 heteroatoms. The lowest BCUT2D eigenvalue weighted by Gasteiger charge is -2.15. The molecule has 0 unspecified atom stereocenters. The van der Waals surface area contributed by atoms with Crippen molar-refractivity contribution in [1.29, 1.82) is 0 Å². The van der Waals surface area contributed by atoms with E-state index in [1.54, 1.807) is 0 Å². The zero-order chi connectivity index (χ0) is 15.9. The van der Waals surface area contributed by atoms with E-state index < -0.39 is 6.04 Å². The minimum absolute atomic E-state index is 0.314. The van der Waals surface area contributed by atoms with Crippen molar-refractivity contribution in [2.24, 2.45) is 5.92 Å². The van der Waals surface area contributed by atoms with Crippen molar-refractivity contribution in [3.8, 4) is 0 Å². The van der Waals surface area contributed by atoms with Crippen molar-refractivity contribution in [1.82, 2.24) is 10.6 Å². The molecule has 1 atom stereocenters. The van der Waals surface area contributed by atoms with Crippen LogP contribution >= 0.6 is 0 Å². The fraction of sp³-hybridized carbons (Fsp3) is 0.333. The van der Waals surface area contributed by atoms with Crippen molar-refractivity contribution in [2.75, 3.05) is 0 Å². The number of carbonyl (C=O) groups is 2. The van der Waals surface area contributed by atoms with E-state index in [0.717, 1.165) is 22.6 Å². The Morgan fingerprint density at radius 2 is 1.86 bits per heavy atom. The number of urea groups is 1. The Balaban J connectivity index is 1.96. The summed E-state index contributed by atoms with van der Waals surface area (Å²) in [6.45, 7) is 4.47. The van der Waals surface area contributed by atoms with Gasteiger partial charge in [0.25, 0.3) is 0 Å². The summed E-state index contributed by atoms with van der Waals surface area (Å²) in [6.07, 6.45) is 1.43. The van der Waals surface area contributed by atoms with Crippen LogP contribution in [0.5, 0.6) is 0 Å². The van der Waals surface area contributed by atoms with Gasteiger partial charge in [-0.2, -0.15) is 0 Å². The van der Waals surface area contributed by atoms with Crippen LogP contribution in [0, 0.1) is 5.92 Å². The van der Waals surface area contributed by atoms with E-state index in [0.29, 0.717) is 18.9 Å². The highest BCUT2D eigenvalue weighted by Gasteiger charge is 2.12. The molecule has 2 aromatic rings. The van der Waals surface area contributed by atoms with Gasteiger partial charge in [0.05, 0.1) is 6.04 Å². The molecule has 0 saturated heterocycles. The van der Waals surface area contributed by atoms with Crippen LogP contribution in [0.2, 0.25) is 0 Å². The molecule has 22 heavy (non-hydrogen) atoms. The highest BCUT2D eigenvalue weighted by atomic mass is 16.2. The molecule has 2 N–H and O–H groups in total. The largest absolute Gasteiger partial charge is 0.334 e. The second-order valence-corrected chi connectivity index (χ2v) is 5.84. The fourth-order valence-electron chi connectivity index (χ4n) is 2.50. The Hall–Kier alpha value is -2.36. The topological polar surface area (TPSA) is 58.2 Å². The summed E-state index contributed by atoms with van der Waals surface area (Å²) in [5, 5.41) is 7.79. The molecule has 2 rings (SSSR count). The SMILES string of the molecule is CC(C)C[C@@H](C=O)NC(=O)NCc1cccc2ccccc12. The molecular weight excluding hydrogens is 276 g/mol. The molecule has 2 amide bonds. The molecular formula is C18H22N2O2. The Kier molecular flexibility index (Phi) is 5.53. The standard InChI is InChI=1S/C18H22N2O2/c1-13(2)10-16(12-21)20-18(22)19-11-15-8-5-7-14-6-3-4-9-17(14)15/h3-9,12-13,16H,10-11H2,1-2H3,(H2,19,20,22)/t16-/m0/s1. The van der Waals surface area contributed by atoms with E-state index in [1.165, 1.54) is 0 Å². The second kappa shape index (κ2) is 7.59. The van der Waals surface area contributed by atoms with Gasteiger partial charge in [-0.15, -0.1) is 0 Å². The van der Waals surface area contributed by atoms with Gasteiger partial charge >= 0.3 is 6.03 Å². The van der Waals surface area contributed by atoms with Gasteiger partial charge in [-0.3, -0.25) is 0 Å². The molecule has 2 aromatic carbocycles. The summed E-state index contributed by atoms with van der Waals surface area (Å²) in [7, 11) is 0. The normalized spacial score (nSPS) is 12.1. The van der Waals surface area contributed by atoms with Crippen LogP contribution in [0.3, 0.4) is 0 Å². The summed E-state index contributed by atoms with van der Waals surface area (Å²) in [5.41, 5.74) is 1.06. The van der Waals surface area contributed by atoms with Gasteiger partial charge in [-0.1, -0.05) is 56.3 Å². The lowest BCUT2D eigenvalue weighted by Crippen LogP contribution is -2.43. The molecule has 0 fully saturated rings. The van der Waals surface area contributed by atoms with Gasteiger partial charge < -0.3 is 15.4 Å². The number of fused-ring (bicyclic) bond motifs is 1. The van der Waals surface area contributed by atoms with Gasteiger partial charge in [-0.05, 0) is 28.7 Å². The van der Waals surface area contributed by atoms with Crippen LogP contribution in [-0.2, 0) is 11.3 Å². The molecule has 0 saturated carbocycles. The summed E-state index contributed by atoms with van der Waals surface area (Å²) in [4.78, 5) is 22.9. The second-order valence-electron chi connectivity index (χ2n) is 5.84. The maximum Gasteiger partial charge on any atom is 0.315 e. The zero-order valence-electron chi connectivity index (χ0n) is 13.0. The van der Waals surface area contributed by atoms with Crippen molar-refractivity contribution in [3.05, 3.63) is 48.0 Å². The Labute approximate surface area is 130 Å². The minimum Gasteiger partial charge on any atom is -0.334 e. The van der Waals surface area contributed by atoms with Crippen molar-refractivity contribution in [2.45, 2.75) is 32.9 Å². The summed E-state index contributed by atoms with van der Waals surface area (Å²) >= 11 is 0. The average molecular weight is 298 g/mol. The van der Waals surface area contributed by atoms with Gasteiger partial charge in [0.2, 0.25) is 0 Å². The Morgan fingerprint density at radius 3 is 2.59 bits per heavy atom. The first-order valence-electron chi connectivity index (χ1n) is 7.56. The minimum atomic E-state index is -0.437. The van der Waals surface area contributed by atoms with Crippen LogP contribution in [0.1, 0.15) is 25.8 Å². The number of amides is 2. The van der Waals surface area contributed by atoms with E-state index in [4.69, 9.17) is 0 Å². The molecule has 0 aliphatic rings. The van der Waals surface area contributed by atoms with E-state index in [1.807, 2.05) is 56.3 Å². The van der Waals surface area contributed by atoms with Gasteiger partial charge in [-0.25, -0.2) is 4.79 Å². The highest BCUT2D eigenvalue weighted by molar-refractivity contribution is 5.86. The summed E-state index contributed by atoms with van der Waals surface area (Å²) in [5.74, 6) is 0.355. The monoisotopic (exact) mass is 298 g/mol. The Bertz CT molecular complexity index is 647. The van der Waals surface area contributed by atoms with Gasteiger partial charge in [0, 0.05) is 6.54 Å². The number of nitrogens with one attached hydrogen (secondary N) is 2. The van der Waals surface area contributed by atoms with Crippen LogP contribution < -0.4 is 10.6 Å². The van der Waals surface area contributed by atoms with Crippen molar-refractivity contribution in [3.63, 3.8) is 0 Å². The van der Waals surface area contributed by atoms with Crippen LogP contribution in [0.4, 0.5) is 4.79 Å². The number of benzene rings is 2. The van der Waals surface area contributed by atoms with E-state index in [-0.39, 0.29) is 6.03 Å². The molecule has 0 heterocycles. The average Bonchev–Trinajstić information content (AvgIpc) is 2.51. The quantitative estimate of drug-likeness (QED) is 0.804. The van der Waals surface area contributed by atoms with E-state index >= 15 is 0 Å².